The van der Waals surface area contributed by atoms with Crippen LogP contribution in [0.5, 0.6) is 11.5 Å². The lowest BCUT2D eigenvalue weighted by atomic mass is 9.91. The van der Waals surface area contributed by atoms with E-state index in [1.807, 2.05) is 19.9 Å². The van der Waals surface area contributed by atoms with Gasteiger partial charge in [-0.3, -0.25) is 14.8 Å². The summed E-state index contributed by atoms with van der Waals surface area (Å²) < 4.78 is 44.0. The molecule has 0 amide bonds. The molecule has 0 saturated carbocycles. The van der Waals surface area contributed by atoms with Gasteiger partial charge in [0.1, 0.15) is 29.0 Å². The van der Waals surface area contributed by atoms with Gasteiger partial charge < -0.3 is 9.47 Å². The van der Waals surface area contributed by atoms with Crippen molar-refractivity contribution < 1.29 is 18.3 Å². The van der Waals surface area contributed by atoms with Crippen molar-refractivity contribution in [1.29, 1.82) is 0 Å². The monoisotopic (exact) mass is 1090 g/mol. The van der Waals surface area contributed by atoms with Crippen LogP contribution in [0.15, 0.2) is 97.1 Å². The molecule has 0 spiro atoms. The first kappa shape index (κ1) is 49.7. The summed E-state index contributed by atoms with van der Waals surface area (Å²) in [6, 6.07) is 27.8. The highest BCUT2D eigenvalue weighted by molar-refractivity contribution is 14.1. The van der Waals surface area contributed by atoms with E-state index in [0.29, 0.717) is 92.8 Å². The predicted molar refractivity (Wildman–Crippen MR) is 273 cm³/mol. The van der Waals surface area contributed by atoms with Crippen molar-refractivity contribution in [3.8, 4) is 34.0 Å². The Morgan fingerprint density at radius 1 is 0.712 bits per heavy atom. The zero-order valence-electron chi connectivity index (χ0n) is 36.3. The number of nitrogens with zero attached hydrogens (tertiary/aromatic N) is 7. The second kappa shape index (κ2) is 21.8. The molecule has 0 aliphatic carbocycles. The molecule has 2 aliphatic heterocycles. The molecule has 17 heteroatoms. The molecule has 0 radical (unpaired) electrons. The molecule has 2 fully saturated rings. The van der Waals surface area contributed by atoms with Gasteiger partial charge in [-0.15, -0.1) is 24.8 Å². The molecule has 2 N–H and O–H groups in total. The summed E-state index contributed by atoms with van der Waals surface area (Å²) in [5.41, 5.74) is 3.96. The summed E-state index contributed by atoms with van der Waals surface area (Å²) in [6.07, 6.45) is 3.05. The van der Waals surface area contributed by atoms with E-state index in [1.54, 1.807) is 71.7 Å². The van der Waals surface area contributed by atoms with Crippen molar-refractivity contribution in [3.05, 3.63) is 134 Å². The lowest BCUT2D eigenvalue weighted by Gasteiger charge is -2.47. The molecule has 0 bridgehead atoms. The number of fused-ring (bicyclic) bond motifs is 2. The first-order chi connectivity index (χ1) is 31.1. The van der Waals surface area contributed by atoms with Gasteiger partial charge in [-0.1, -0.05) is 47.5 Å². The summed E-state index contributed by atoms with van der Waals surface area (Å²) in [7, 11) is 0. The highest BCUT2D eigenvalue weighted by Gasteiger charge is 2.40. The number of hydrogen-bond donors (Lipinski definition) is 1. The fourth-order valence-electron chi connectivity index (χ4n) is 9.17. The Kier molecular flexibility index (Phi) is 16.4. The van der Waals surface area contributed by atoms with Crippen LogP contribution in [0.4, 0.5) is 14.7 Å². The molecule has 2 saturated heterocycles. The van der Waals surface area contributed by atoms with Crippen molar-refractivity contribution in [3.63, 3.8) is 0 Å². The molecule has 66 heavy (non-hydrogen) atoms. The molecule has 5 aromatic carbocycles. The molecule has 9 rings (SSSR count). The third kappa shape index (κ3) is 10.4. The smallest absolute Gasteiger partial charge is 0.241 e. The minimum absolute atomic E-state index is 0. The van der Waals surface area contributed by atoms with Crippen LogP contribution in [0.1, 0.15) is 57.0 Å². The highest BCUT2D eigenvalue weighted by Crippen LogP contribution is 2.40. The predicted octanol–water partition coefficient (Wildman–Crippen LogP) is 12.3. The number of rotatable bonds is 12. The maximum atomic E-state index is 15.7. The minimum Gasteiger partial charge on any atom is -0.493 e. The number of ether oxygens (including phenoxy) is 2. The fraction of sp³-hybridized carbons (Fsp3) is 0.306. The van der Waals surface area contributed by atoms with Crippen LogP contribution in [0.25, 0.3) is 44.3 Å². The number of aromatic nitrogens is 4. The Morgan fingerprint density at radius 2 is 1.26 bits per heavy atom. The van der Waals surface area contributed by atoms with Gasteiger partial charge >= 0.3 is 0 Å². The van der Waals surface area contributed by atoms with Gasteiger partial charge in [-0.2, -0.15) is 0 Å². The van der Waals surface area contributed by atoms with E-state index in [4.69, 9.17) is 58.5 Å². The summed E-state index contributed by atoms with van der Waals surface area (Å²) in [4.78, 5) is 25.2. The number of benzene rings is 5. The molecule has 2 unspecified atom stereocenters. The zero-order chi connectivity index (χ0) is 44.5. The van der Waals surface area contributed by atoms with Crippen LogP contribution in [-0.4, -0.2) is 74.7 Å². The van der Waals surface area contributed by atoms with E-state index in [2.05, 4.69) is 44.5 Å². The van der Waals surface area contributed by atoms with Gasteiger partial charge in [0.05, 0.1) is 51.3 Å². The van der Waals surface area contributed by atoms with E-state index in [-0.39, 0.29) is 54.7 Å². The second-order valence-electron chi connectivity index (χ2n) is 16.2. The number of nitrogens with two attached hydrogens (primary N) is 1. The number of likely N-dealkylation sites (tertiary alicyclic amines) is 2. The average Bonchev–Trinajstić information content (AvgIpc) is 3.30. The van der Waals surface area contributed by atoms with Crippen LogP contribution >= 0.6 is 70.6 Å². The third-order valence-electron chi connectivity index (χ3n) is 12.2. The second-order valence-corrected chi connectivity index (χ2v) is 18.2. The molecule has 2 aliphatic rings. The molecule has 2 atom stereocenters. The summed E-state index contributed by atoms with van der Waals surface area (Å²) in [6.45, 7) is 8.35. The van der Waals surface area contributed by atoms with Crippen LogP contribution in [0, 0.1) is 15.2 Å². The third-order valence-corrected chi connectivity index (χ3v) is 13.7. The number of piperidine rings is 2. The standard InChI is InChI=1S/C49H47Cl2F2IN8O2.2ClH/c1-3-63-43-23-29(24-44(45(43)54)64-4-2)28-60-20-17-32(18-21-60)61-22-19-33(62(55)49-57-41-16-14-31(51)26-37(41)47(59-49)35-10-6-8-12-39(35)53)27-42(61)48-56-40-15-13-30(50)25-36(40)46(58-48)34-9-5-7-11-38(34)52;;/h5-16,23-26,32-33,42H,3-4,17-22,27-28,55H2,1-2H3;2*1H. The topological polar surface area (TPSA) is 106 Å². The van der Waals surface area contributed by atoms with Gasteiger partial charge in [0.15, 0.2) is 0 Å². The highest BCUT2D eigenvalue weighted by atomic mass is 127. The maximum Gasteiger partial charge on any atom is 0.241 e. The van der Waals surface area contributed by atoms with Crippen LogP contribution < -0.4 is 20.3 Å². The summed E-state index contributed by atoms with van der Waals surface area (Å²) in [5.74, 6) is 8.80. The zero-order valence-corrected chi connectivity index (χ0v) is 41.6. The van der Waals surface area contributed by atoms with Crippen molar-refractivity contribution in [2.45, 2.75) is 64.2 Å². The van der Waals surface area contributed by atoms with Gasteiger partial charge in [-0.25, -0.2) is 34.6 Å². The Hall–Kier alpha value is -4.19. The van der Waals surface area contributed by atoms with Gasteiger partial charge in [-0.05, 0) is 154 Å². The molecule has 10 nitrogen and oxygen atoms in total. The number of hydrazine groups is 1. The van der Waals surface area contributed by atoms with E-state index in [0.717, 1.165) is 53.1 Å². The molecule has 7 aromatic rings. The normalized spacial score (nSPS) is 17.0. The lowest BCUT2D eigenvalue weighted by Crippen LogP contribution is -2.54. The van der Waals surface area contributed by atoms with Gasteiger partial charge in [0.2, 0.25) is 5.95 Å². The number of halogens is 7. The SMILES string of the molecule is CCOc1cc(CN2CCC(N3CCC(N(N)c4nc(-c5ccccc5F)c5cc(Cl)ccc5n4)CC3c3nc(-c4ccccc4F)c4cc(Cl)ccc4n3)CC2)cc(OCC)c1I.Cl.Cl. The fourth-order valence-corrected chi connectivity index (χ4v) is 10.1. The number of anilines is 1. The molecule has 4 heterocycles. The van der Waals surface area contributed by atoms with Crippen LogP contribution in [0.2, 0.25) is 10.0 Å². The summed E-state index contributed by atoms with van der Waals surface area (Å²) in [5, 5.41) is 3.88. The Morgan fingerprint density at radius 3 is 1.82 bits per heavy atom. The van der Waals surface area contributed by atoms with Crippen molar-refractivity contribution in [1.82, 2.24) is 29.7 Å². The van der Waals surface area contributed by atoms with Crippen molar-refractivity contribution >= 4 is 98.4 Å². The Labute approximate surface area is 419 Å². The molecular weight excluding hydrogens is 1040 g/mol. The number of hydrogen-bond acceptors (Lipinski definition) is 10. The van der Waals surface area contributed by atoms with E-state index in [9.17, 15) is 0 Å². The minimum atomic E-state index is -0.416. The first-order valence-electron chi connectivity index (χ1n) is 21.6. The Bertz CT molecular complexity index is 2810. The largest absolute Gasteiger partial charge is 0.493 e. The van der Waals surface area contributed by atoms with Crippen LogP contribution in [-0.2, 0) is 6.54 Å². The molecular formula is C49H49Cl4F2IN8O2. The summed E-state index contributed by atoms with van der Waals surface area (Å²) >= 11 is 15.3. The van der Waals surface area contributed by atoms with Crippen molar-refractivity contribution in [2.75, 3.05) is 37.9 Å². The average molecular weight is 1090 g/mol. The van der Waals surface area contributed by atoms with E-state index < -0.39 is 5.82 Å². The van der Waals surface area contributed by atoms with Gasteiger partial charge in [0.25, 0.3) is 0 Å². The Balaban J connectivity index is 0.00000324. The molecule has 346 valence electrons. The van der Waals surface area contributed by atoms with Gasteiger partial charge in [0, 0.05) is 51.1 Å². The molecule has 2 aromatic heterocycles. The maximum absolute atomic E-state index is 15.7. The van der Waals surface area contributed by atoms with E-state index >= 15 is 8.78 Å². The quantitative estimate of drug-likeness (QED) is 0.0722. The lowest BCUT2D eigenvalue weighted by molar-refractivity contribution is 0.0377. The first-order valence-corrected chi connectivity index (χ1v) is 23.5. The van der Waals surface area contributed by atoms with Crippen molar-refractivity contribution in [2.24, 2.45) is 5.84 Å². The van der Waals surface area contributed by atoms with E-state index in [1.165, 1.54) is 12.1 Å². The van der Waals surface area contributed by atoms with Crippen LogP contribution in [0.3, 0.4) is 0 Å².